The van der Waals surface area contributed by atoms with Gasteiger partial charge in [-0.15, -0.1) is 0 Å². The van der Waals surface area contributed by atoms with Crippen LogP contribution < -0.4 is 14.9 Å². The Bertz CT molecular complexity index is 1240. The Morgan fingerprint density at radius 2 is 1.94 bits per heavy atom. The first-order valence-electron chi connectivity index (χ1n) is 9.51. The molecule has 0 saturated heterocycles. The molecule has 1 heterocycles. The highest BCUT2D eigenvalue weighted by molar-refractivity contribution is 9.10. The fourth-order valence-corrected chi connectivity index (χ4v) is 2.94. The third kappa shape index (κ3) is 6.50. The third-order valence-electron chi connectivity index (χ3n) is 4.39. The van der Waals surface area contributed by atoms with Crippen molar-refractivity contribution in [1.82, 2.24) is 5.43 Å². The number of nitrogens with one attached hydrogen (secondary N) is 1. The number of carbonyl (C=O) groups is 2. The summed E-state index contributed by atoms with van der Waals surface area (Å²) in [7, 11) is 0. The predicted octanol–water partition coefficient (Wildman–Crippen LogP) is 4.32. The number of furan rings is 1. The fourth-order valence-electron chi connectivity index (χ4n) is 2.56. The van der Waals surface area contributed by atoms with Crippen molar-refractivity contribution in [3.63, 3.8) is 0 Å². The number of halogens is 1. The number of aryl methyl sites for hydroxylation is 2. The lowest BCUT2D eigenvalue weighted by molar-refractivity contribution is -0.402. The Morgan fingerprint density at radius 3 is 2.64 bits per heavy atom. The van der Waals surface area contributed by atoms with Gasteiger partial charge in [-0.1, -0.05) is 22.0 Å². The average molecular weight is 516 g/mol. The lowest BCUT2D eigenvalue weighted by Gasteiger charge is -2.08. The lowest BCUT2D eigenvalue weighted by Crippen LogP contribution is -2.24. The minimum absolute atomic E-state index is 0.103. The first-order valence-corrected chi connectivity index (χ1v) is 10.3. The maximum absolute atomic E-state index is 12.3. The Kier molecular flexibility index (Phi) is 7.57. The Hall–Kier alpha value is -3.99. The summed E-state index contributed by atoms with van der Waals surface area (Å²) in [5.41, 5.74) is 4.85. The number of ether oxygens (including phenoxy) is 2. The molecule has 0 unspecified atom stereocenters. The van der Waals surface area contributed by atoms with Crippen molar-refractivity contribution in [2.24, 2.45) is 5.10 Å². The second-order valence-corrected chi connectivity index (χ2v) is 7.71. The van der Waals surface area contributed by atoms with Crippen LogP contribution in [0.25, 0.3) is 0 Å². The van der Waals surface area contributed by atoms with E-state index in [1.807, 2.05) is 26.0 Å². The largest absolute Gasteiger partial charge is 0.484 e. The SMILES string of the molecule is Cc1ccc(OCC(=O)N/N=C\c2cc(Br)ccc2OC(=O)c2ccc([N+](=O)[O-])o2)cc1C. The number of nitrogens with zero attached hydrogens (tertiary/aromatic N) is 2. The predicted molar refractivity (Wildman–Crippen MR) is 122 cm³/mol. The van der Waals surface area contributed by atoms with E-state index in [1.165, 1.54) is 12.3 Å². The molecule has 10 nitrogen and oxygen atoms in total. The zero-order valence-corrected chi connectivity index (χ0v) is 19.1. The highest BCUT2D eigenvalue weighted by Crippen LogP contribution is 2.24. The van der Waals surface area contributed by atoms with Crippen LogP contribution >= 0.6 is 15.9 Å². The van der Waals surface area contributed by atoms with Crippen molar-refractivity contribution in [1.29, 1.82) is 0 Å². The number of esters is 1. The molecule has 1 N–H and O–H groups in total. The summed E-state index contributed by atoms with van der Waals surface area (Å²) >= 11 is 3.31. The van der Waals surface area contributed by atoms with Gasteiger partial charge in [0.05, 0.1) is 12.3 Å². The van der Waals surface area contributed by atoms with Crippen LogP contribution in [0.3, 0.4) is 0 Å². The first kappa shape index (κ1) is 23.7. The van der Waals surface area contributed by atoms with E-state index in [0.29, 0.717) is 15.8 Å². The van der Waals surface area contributed by atoms with E-state index in [-0.39, 0.29) is 18.1 Å². The number of benzene rings is 2. The van der Waals surface area contributed by atoms with Gasteiger partial charge in [-0.05, 0) is 61.4 Å². The van der Waals surface area contributed by atoms with E-state index in [0.717, 1.165) is 23.3 Å². The molecule has 33 heavy (non-hydrogen) atoms. The molecule has 0 fully saturated rings. The molecule has 170 valence electrons. The highest BCUT2D eigenvalue weighted by atomic mass is 79.9. The van der Waals surface area contributed by atoms with Gasteiger partial charge in [-0.25, -0.2) is 10.2 Å². The summed E-state index contributed by atoms with van der Waals surface area (Å²) in [5.74, 6) is -1.65. The van der Waals surface area contributed by atoms with Crippen molar-refractivity contribution >= 4 is 39.9 Å². The second-order valence-electron chi connectivity index (χ2n) is 6.79. The number of hydrogen-bond donors (Lipinski definition) is 1. The summed E-state index contributed by atoms with van der Waals surface area (Å²) in [4.78, 5) is 34.2. The Morgan fingerprint density at radius 1 is 1.15 bits per heavy atom. The molecule has 0 radical (unpaired) electrons. The Labute approximate surface area is 196 Å². The van der Waals surface area contributed by atoms with Gasteiger partial charge in [0.1, 0.15) is 16.4 Å². The van der Waals surface area contributed by atoms with Crippen LogP contribution in [0.1, 0.15) is 27.2 Å². The van der Waals surface area contributed by atoms with Crippen LogP contribution in [-0.4, -0.2) is 29.6 Å². The maximum atomic E-state index is 12.3. The number of hydrazone groups is 1. The van der Waals surface area contributed by atoms with Crippen LogP contribution in [0.4, 0.5) is 5.88 Å². The van der Waals surface area contributed by atoms with Crippen molar-refractivity contribution in [3.05, 3.63) is 85.6 Å². The van der Waals surface area contributed by atoms with Crippen LogP contribution in [-0.2, 0) is 4.79 Å². The van der Waals surface area contributed by atoms with Gasteiger partial charge in [0.2, 0.25) is 5.76 Å². The third-order valence-corrected chi connectivity index (χ3v) is 4.88. The van der Waals surface area contributed by atoms with Crippen molar-refractivity contribution in [2.45, 2.75) is 13.8 Å². The molecule has 11 heteroatoms. The fraction of sp³-hybridized carbons (Fsp3) is 0.136. The molecule has 1 aromatic heterocycles. The molecule has 0 saturated carbocycles. The number of carbonyl (C=O) groups excluding carboxylic acids is 2. The standard InChI is InChI=1S/C22H18BrN3O7/c1-13-3-5-17(9-14(13)2)31-12-20(27)25-24-11-15-10-16(23)4-6-18(15)33-22(28)19-7-8-21(32-19)26(29)30/h3-11H,12H2,1-2H3,(H,25,27)/b24-11-. The van der Waals surface area contributed by atoms with Crippen LogP contribution in [0.15, 0.2) is 62.5 Å². The van der Waals surface area contributed by atoms with Gasteiger partial charge in [0.15, 0.2) is 6.61 Å². The molecule has 3 aromatic rings. The summed E-state index contributed by atoms with van der Waals surface area (Å²) in [6, 6.07) is 12.4. The van der Waals surface area contributed by atoms with Crippen molar-refractivity contribution in [2.75, 3.05) is 6.61 Å². The summed E-state index contributed by atoms with van der Waals surface area (Å²) in [6.45, 7) is 3.69. The molecule has 0 spiro atoms. The van der Waals surface area contributed by atoms with Crippen molar-refractivity contribution in [3.8, 4) is 11.5 Å². The van der Waals surface area contributed by atoms with Crippen LogP contribution in [0.5, 0.6) is 11.5 Å². The maximum Gasteiger partial charge on any atom is 0.433 e. The molecule has 2 aromatic carbocycles. The first-order chi connectivity index (χ1) is 15.7. The zero-order chi connectivity index (χ0) is 24.0. The Balaban J connectivity index is 1.62. The normalized spacial score (nSPS) is 10.8. The molecule has 0 aliphatic rings. The molecular formula is C22H18BrN3O7. The zero-order valence-electron chi connectivity index (χ0n) is 17.5. The number of amides is 1. The molecule has 1 amide bonds. The van der Waals surface area contributed by atoms with Gasteiger partial charge >= 0.3 is 11.9 Å². The average Bonchev–Trinajstić information content (AvgIpc) is 3.27. The van der Waals surface area contributed by atoms with Crippen LogP contribution in [0.2, 0.25) is 0 Å². The van der Waals surface area contributed by atoms with E-state index < -0.39 is 22.7 Å². The van der Waals surface area contributed by atoms with Gasteiger partial charge in [-0.2, -0.15) is 5.10 Å². The molecule has 0 aliphatic carbocycles. The summed E-state index contributed by atoms with van der Waals surface area (Å²) < 4.78 is 16.2. The topological polar surface area (TPSA) is 133 Å². The van der Waals surface area contributed by atoms with Crippen molar-refractivity contribution < 1.29 is 28.4 Å². The number of rotatable bonds is 8. The van der Waals surface area contributed by atoms with E-state index >= 15 is 0 Å². The summed E-state index contributed by atoms with van der Waals surface area (Å²) in [5, 5.41) is 14.6. The molecule has 0 bridgehead atoms. The van der Waals surface area contributed by atoms with Gasteiger partial charge in [0, 0.05) is 10.0 Å². The second kappa shape index (κ2) is 10.6. The van der Waals surface area contributed by atoms with Gasteiger partial charge in [0.25, 0.3) is 5.91 Å². The van der Waals surface area contributed by atoms with E-state index in [4.69, 9.17) is 13.9 Å². The van der Waals surface area contributed by atoms with Crippen LogP contribution in [0, 0.1) is 24.0 Å². The lowest BCUT2D eigenvalue weighted by atomic mass is 10.1. The van der Waals surface area contributed by atoms with Gasteiger partial charge in [-0.3, -0.25) is 14.9 Å². The molecule has 0 atom stereocenters. The van der Waals surface area contributed by atoms with Gasteiger partial charge < -0.3 is 13.9 Å². The minimum atomic E-state index is -0.925. The quantitative estimate of drug-likeness (QED) is 0.155. The monoisotopic (exact) mass is 515 g/mol. The smallest absolute Gasteiger partial charge is 0.433 e. The molecule has 3 rings (SSSR count). The number of hydrogen-bond acceptors (Lipinski definition) is 8. The van der Waals surface area contributed by atoms with E-state index in [2.05, 4.69) is 26.5 Å². The molecule has 0 aliphatic heterocycles. The van der Waals surface area contributed by atoms with E-state index in [1.54, 1.807) is 18.2 Å². The number of nitro groups is 1. The molecular weight excluding hydrogens is 498 g/mol. The highest BCUT2D eigenvalue weighted by Gasteiger charge is 2.20. The minimum Gasteiger partial charge on any atom is -0.484 e. The summed E-state index contributed by atoms with van der Waals surface area (Å²) in [6.07, 6.45) is 1.28. The van der Waals surface area contributed by atoms with E-state index in [9.17, 15) is 19.7 Å².